The number of halogens is 7. The number of ether oxygens (including phenoxy) is 1. The molecule has 0 aliphatic heterocycles. The summed E-state index contributed by atoms with van der Waals surface area (Å²) >= 11 is 6.09. The number of esters is 1. The molecule has 48 heavy (non-hydrogen) atoms. The molecule has 5 nitrogen and oxygen atoms in total. The van der Waals surface area contributed by atoms with Crippen molar-refractivity contribution in [2.24, 2.45) is 29.1 Å². The Morgan fingerprint density at radius 2 is 1.17 bits per heavy atom. The van der Waals surface area contributed by atoms with E-state index in [2.05, 4.69) is 95.7 Å². The van der Waals surface area contributed by atoms with Crippen molar-refractivity contribution < 1.29 is 48.8 Å². The highest BCUT2D eigenvalue weighted by molar-refractivity contribution is 7.97. The van der Waals surface area contributed by atoms with Crippen molar-refractivity contribution in [2.75, 3.05) is 12.5 Å². The lowest BCUT2D eigenvalue weighted by molar-refractivity contribution is -0.270. The maximum Gasteiger partial charge on any atom is 0.426 e. The maximum atomic E-state index is 13.2. The van der Waals surface area contributed by atoms with Crippen LogP contribution < -0.4 is 0 Å². The van der Waals surface area contributed by atoms with Crippen LogP contribution in [-0.4, -0.2) is 48.5 Å². The fourth-order valence-corrected chi connectivity index (χ4v) is 11.3. The molecule has 3 aromatic rings. The zero-order valence-electron chi connectivity index (χ0n) is 25.4. The van der Waals surface area contributed by atoms with Crippen LogP contribution in [0.3, 0.4) is 0 Å². The van der Waals surface area contributed by atoms with E-state index in [9.17, 15) is 44.1 Å². The van der Waals surface area contributed by atoms with Crippen molar-refractivity contribution in [1.82, 2.24) is 0 Å². The van der Waals surface area contributed by atoms with Gasteiger partial charge in [0, 0.05) is 11.8 Å². The second-order valence-corrected chi connectivity index (χ2v) is 16.5. The summed E-state index contributed by atoms with van der Waals surface area (Å²) in [5.74, 6) is -3.05. The number of carbonyl (C=O) groups excluding carboxylic acids is 1. The van der Waals surface area contributed by atoms with Crippen LogP contribution in [0, 0.1) is 29.1 Å². The molecule has 0 saturated heterocycles. The smallest absolute Gasteiger partial charge is 0.426 e. The zero-order valence-corrected chi connectivity index (χ0v) is 27.8. The predicted octanol–water partition coefficient (Wildman–Crippen LogP) is 8.40. The van der Waals surface area contributed by atoms with Crippen molar-refractivity contribution in [3.8, 4) is 0 Å². The lowest BCUT2D eigenvalue weighted by Gasteiger charge is -2.60. The topological polar surface area (TPSA) is 83.5 Å². The second kappa shape index (κ2) is 13.9. The van der Waals surface area contributed by atoms with Gasteiger partial charge in [0.15, 0.2) is 14.7 Å². The Labute approximate surface area is 283 Å². The third-order valence-corrected chi connectivity index (χ3v) is 13.9. The summed E-state index contributed by atoms with van der Waals surface area (Å²) in [6, 6.07) is 32.2. The maximum absolute atomic E-state index is 13.2. The van der Waals surface area contributed by atoms with Gasteiger partial charge in [-0.15, -0.1) is 11.6 Å². The van der Waals surface area contributed by atoms with Gasteiger partial charge in [0.05, 0.1) is 17.5 Å². The minimum Gasteiger partial charge on any atom is -0.747 e. The van der Waals surface area contributed by atoms with Crippen LogP contribution >= 0.6 is 11.6 Å². The van der Waals surface area contributed by atoms with Crippen molar-refractivity contribution in [3.05, 3.63) is 91.0 Å². The molecule has 4 aliphatic carbocycles. The van der Waals surface area contributed by atoms with Gasteiger partial charge < -0.3 is 9.29 Å². The third kappa shape index (κ3) is 6.84. The molecule has 0 N–H and O–H groups in total. The molecule has 3 atom stereocenters. The fraction of sp³-hybridized carbons (Fsp3) is 0.441. The Morgan fingerprint density at radius 1 is 0.771 bits per heavy atom. The Kier molecular flexibility index (Phi) is 10.6. The molecule has 7 rings (SSSR count). The van der Waals surface area contributed by atoms with Crippen molar-refractivity contribution in [1.29, 1.82) is 0 Å². The summed E-state index contributed by atoms with van der Waals surface area (Å²) in [6.45, 7) is -0.848. The number of rotatable bonds is 8. The van der Waals surface area contributed by atoms with E-state index in [-0.39, 0.29) is 22.7 Å². The number of carbonyl (C=O) groups is 1. The van der Waals surface area contributed by atoms with Crippen molar-refractivity contribution >= 4 is 38.6 Å². The van der Waals surface area contributed by atoms with E-state index in [1.165, 1.54) is 14.7 Å². The van der Waals surface area contributed by atoms with Gasteiger partial charge in [-0.1, -0.05) is 54.6 Å². The van der Waals surface area contributed by atoms with Crippen LogP contribution in [0.1, 0.15) is 32.1 Å². The molecular weight excluding hydrogens is 702 g/mol. The van der Waals surface area contributed by atoms with Crippen LogP contribution in [0.4, 0.5) is 26.3 Å². The summed E-state index contributed by atoms with van der Waals surface area (Å²) in [5.41, 5.74) is -0.591. The van der Waals surface area contributed by atoms with E-state index < -0.39 is 51.1 Å². The van der Waals surface area contributed by atoms with E-state index in [0.717, 1.165) is 6.42 Å². The molecule has 14 heteroatoms. The van der Waals surface area contributed by atoms with Crippen LogP contribution in [0.5, 0.6) is 0 Å². The van der Waals surface area contributed by atoms with Gasteiger partial charge in [0.1, 0.15) is 10.1 Å². The SMILES string of the molecule is O=C(OCC1C2CC3CC(C2)CC1(CCl)C3)C(C(F)(F)F)(C(F)(F)F)S(=O)(=O)[O-].c1ccc([S+](c2ccccc2)c2ccccc2)cc1. The van der Waals surface area contributed by atoms with Gasteiger partial charge in [-0.25, -0.2) is 13.2 Å². The highest BCUT2D eigenvalue weighted by Gasteiger charge is 2.81. The Bertz CT molecular complexity index is 1530. The predicted molar refractivity (Wildman–Crippen MR) is 167 cm³/mol. The zero-order chi connectivity index (χ0) is 35.0. The standard InChI is InChI=1S/C18H15S.C16H19ClF6O5S/c1-4-10-16(11-5-1)19(17-12-6-2-7-13-17)18-14-8-3-9-15-18;17-7-13-4-8-1-9(5-13)3-10(2-8)11(13)6-28-12(24)14(15(18,19)20,16(21,22)23)29(25,26)27/h1-15H;8-11H,1-7H2,(H,25,26,27)/q+1;/p-1. The minimum absolute atomic E-state index is 0.0146. The Hall–Kier alpha value is -2.74. The Morgan fingerprint density at radius 3 is 1.50 bits per heavy atom. The third-order valence-electron chi connectivity index (χ3n) is 9.74. The fourth-order valence-electron chi connectivity index (χ4n) is 7.96. The van der Waals surface area contributed by atoms with Gasteiger partial charge >= 0.3 is 23.1 Å². The van der Waals surface area contributed by atoms with Crippen LogP contribution in [0.2, 0.25) is 0 Å². The average molecular weight is 735 g/mol. The minimum atomic E-state index is -7.24. The van der Waals surface area contributed by atoms with E-state index in [1.807, 2.05) is 0 Å². The quantitative estimate of drug-likeness (QED) is 0.0764. The van der Waals surface area contributed by atoms with Crippen LogP contribution in [0.25, 0.3) is 0 Å². The highest BCUT2D eigenvalue weighted by Crippen LogP contribution is 2.63. The summed E-state index contributed by atoms with van der Waals surface area (Å²) in [5, 5.41) is 0. The van der Waals surface area contributed by atoms with E-state index in [1.54, 1.807) is 0 Å². The molecule has 0 amide bonds. The molecule has 0 spiro atoms. The summed E-state index contributed by atoms with van der Waals surface area (Å²) in [7, 11) is -7.25. The van der Waals surface area contributed by atoms with Gasteiger partial charge in [0.2, 0.25) is 0 Å². The molecule has 0 heterocycles. The normalized spacial score (nSPS) is 25.4. The molecule has 4 saturated carbocycles. The molecular formula is C34H33ClF6O5S2. The second-order valence-electron chi connectivity index (χ2n) is 12.7. The first kappa shape index (κ1) is 36.5. The summed E-state index contributed by atoms with van der Waals surface area (Å²) in [4.78, 5) is 16.0. The number of benzene rings is 3. The van der Waals surface area contributed by atoms with E-state index in [4.69, 9.17) is 11.6 Å². The lowest BCUT2D eigenvalue weighted by atomic mass is 9.46. The van der Waals surface area contributed by atoms with Gasteiger partial charge in [-0.2, -0.15) is 26.3 Å². The van der Waals surface area contributed by atoms with Crippen LogP contribution in [-0.2, 0) is 30.5 Å². The summed E-state index contributed by atoms with van der Waals surface area (Å²) < 4.78 is 111. The molecule has 260 valence electrons. The highest BCUT2D eigenvalue weighted by atomic mass is 35.5. The monoisotopic (exact) mass is 734 g/mol. The number of hydrogen-bond acceptors (Lipinski definition) is 5. The van der Waals surface area contributed by atoms with E-state index in [0.29, 0.717) is 37.5 Å². The first-order valence-electron chi connectivity index (χ1n) is 15.3. The van der Waals surface area contributed by atoms with E-state index >= 15 is 0 Å². The van der Waals surface area contributed by atoms with Gasteiger partial charge in [0.25, 0.3) is 0 Å². The molecule has 3 aromatic carbocycles. The molecule has 4 bridgehead atoms. The lowest BCUT2D eigenvalue weighted by Crippen LogP contribution is -2.67. The average Bonchev–Trinajstić information content (AvgIpc) is 3.00. The molecule has 4 aliphatic rings. The molecule has 0 aromatic heterocycles. The van der Waals surface area contributed by atoms with Crippen molar-refractivity contribution in [3.63, 3.8) is 0 Å². The van der Waals surface area contributed by atoms with Crippen molar-refractivity contribution in [2.45, 2.75) is 63.9 Å². The number of hydrogen-bond donors (Lipinski definition) is 0. The first-order valence-corrected chi connectivity index (χ1v) is 18.4. The largest absolute Gasteiger partial charge is 0.747 e. The Balaban J connectivity index is 0.000000204. The molecule has 3 unspecified atom stereocenters. The summed E-state index contributed by atoms with van der Waals surface area (Å²) in [6.07, 6.45) is -9.86. The molecule has 0 radical (unpaired) electrons. The van der Waals surface area contributed by atoms with Gasteiger partial charge in [-0.3, -0.25) is 0 Å². The van der Waals surface area contributed by atoms with Crippen LogP contribution in [0.15, 0.2) is 106 Å². The number of alkyl halides is 7. The van der Waals surface area contributed by atoms with Gasteiger partial charge in [-0.05, 0) is 91.7 Å². The molecule has 4 fully saturated rings. The first-order chi connectivity index (χ1) is 22.5.